The summed E-state index contributed by atoms with van der Waals surface area (Å²) < 4.78 is 5.55. The van der Waals surface area contributed by atoms with Crippen LogP contribution in [0, 0.1) is 6.92 Å². The highest BCUT2D eigenvalue weighted by Crippen LogP contribution is 2.27. The Morgan fingerprint density at radius 2 is 2.08 bits per heavy atom. The highest BCUT2D eigenvalue weighted by molar-refractivity contribution is 6.35. The van der Waals surface area contributed by atoms with Crippen molar-refractivity contribution in [2.75, 3.05) is 13.2 Å². The van der Waals surface area contributed by atoms with Crippen molar-refractivity contribution in [2.24, 2.45) is 0 Å². The van der Waals surface area contributed by atoms with E-state index >= 15 is 0 Å². The lowest BCUT2D eigenvalue weighted by molar-refractivity contribution is -0.121. The van der Waals surface area contributed by atoms with Gasteiger partial charge < -0.3 is 10.1 Å². The summed E-state index contributed by atoms with van der Waals surface area (Å²) >= 11 is 11.8. The summed E-state index contributed by atoms with van der Waals surface area (Å²) in [6.07, 6.45) is 3.65. The lowest BCUT2D eigenvalue weighted by Crippen LogP contribution is -2.25. The van der Waals surface area contributed by atoms with Gasteiger partial charge in [0.15, 0.2) is 0 Å². The van der Waals surface area contributed by atoms with E-state index in [9.17, 15) is 4.79 Å². The van der Waals surface area contributed by atoms with Crippen molar-refractivity contribution < 1.29 is 9.53 Å². The van der Waals surface area contributed by atoms with Gasteiger partial charge in [0.05, 0.1) is 11.6 Å². The van der Waals surface area contributed by atoms with Crippen LogP contribution in [0.1, 0.15) is 24.1 Å². The first-order valence-corrected chi connectivity index (χ1v) is 8.56. The molecule has 1 amide bonds. The number of halogens is 2. The Bertz CT molecular complexity index is 675. The summed E-state index contributed by atoms with van der Waals surface area (Å²) in [7, 11) is 0. The van der Waals surface area contributed by atoms with Crippen LogP contribution >= 0.6 is 23.2 Å². The number of benzene rings is 1. The van der Waals surface area contributed by atoms with Crippen LogP contribution in [0.15, 0.2) is 36.5 Å². The lowest BCUT2D eigenvalue weighted by atomic mass is 10.2. The maximum atomic E-state index is 11.8. The quantitative estimate of drug-likeness (QED) is 0.711. The summed E-state index contributed by atoms with van der Waals surface area (Å²) in [5, 5.41) is 3.93. The summed E-state index contributed by atoms with van der Waals surface area (Å²) in [5.41, 5.74) is 2.10. The van der Waals surface area contributed by atoms with Gasteiger partial charge in [-0.1, -0.05) is 29.3 Å². The van der Waals surface area contributed by atoms with Crippen LogP contribution < -0.4 is 10.1 Å². The molecule has 0 aliphatic rings. The van der Waals surface area contributed by atoms with E-state index in [-0.39, 0.29) is 5.91 Å². The number of carbonyl (C=O) groups excluding carboxylic acids is 1. The van der Waals surface area contributed by atoms with E-state index in [0.717, 1.165) is 17.7 Å². The van der Waals surface area contributed by atoms with Gasteiger partial charge in [0.25, 0.3) is 0 Å². The molecule has 1 heterocycles. The molecule has 24 heavy (non-hydrogen) atoms. The van der Waals surface area contributed by atoms with Crippen LogP contribution in [0.5, 0.6) is 5.75 Å². The second-order valence-corrected chi connectivity index (χ2v) is 6.28. The normalized spacial score (nSPS) is 10.5. The van der Waals surface area contributed by atoms with Gasteiger partial charge in [-0.3, -0.25) is 9.78 Å². The number of ether oxygens (including phenoxy) is 1. The fourth-order valence-corrected chi connectivity index (χ4v) is 2.55. The molecule has 0 radical (unpaired) electrons. The molecule has 1 aromatic heterocycles. The van der Waals surface area contributed by atoms with Crippen molar-refractivity contribution in [2.45, 2.75) is 26.2 Å². The number of aryl methyl sites for hydroxylation is 1. The van der Waals surface area contributed by atoms with Crippen LogP contribution in [0.4, 0.5) is 0 Å². The molecular weight excluding hydrogens is 347 g/mol. The predicted octanol–water partition coefficient (Wildman–Crippen LogP) is 4.21. The van der Waals surface area contributed by atoms with E-state index in [1.165, 1.54) is 0 Å². The molecule has 1 aromatic carbocycles. The van der Waals surface area contributed by atoms with Crippen LogP contribution in [0.2, 0.25) is 10.0 Å². The van der Waals surface area contributed by atoms with Crippen LogP contribution in [-0.4, -0.2) is 24.0 Å². The maximum Gasteiger partial charge on any atom is 0.220 e. The highest BCUT2D eigenvalue weighted by Gasteiger charge is 2.04. The van der Waals surface area contributed by atoms with Crippen LogP contribution in [-0.2, 0) is 11.2 Å². The summed E-state index contributed by atoms with van der Waals surface area (Å²) in [6.45, 7) is 2.98. The molecule has 0 unspecified atom stereocenters. The first-order valence-electron chi connectivity index (χ1n) is 7.80. The average Bonchev–Trinajstić information content (AvgIpc) is 2.55. The molecule has 1 N–H and O–H groups in total. The maximum absolute atomic E-state index is 11.8. The van der Waals surface area contributed by atoms with Gasteiger partial charge in [0.2, 0.25) is 5.91 Å². The summed E-state index contributed by atoms with van der Waals surface area (Å²) in [5.74, 6) is 0.592. The zero-order valence-electron chi connectivity index (χ0n) is 13.5. The van der Waals surface area contributed by atoms with E-state index in [0.29, 0.717) is 41.8 Å². The fraction of sp³-hybridized carbons (Fsp3) is 0.333. The van der Waals surface area contributed by atoms with Crippen molar-refractivity contribution in [1.29, 1.82) is 0 Å². The molecule has 2 aromatic rings. The van der Waals surface area contributed by atoms with Gasteiger partial charge >= 0.3 is 0 Å². The standard InChI is InChI=1S/C18H20Cl2N2O2/c1-13-4-5-14(12-22-13)8-9-21-18(23)3-2-10-24-17-7-6-15(19)11-16(17)20/h4-7,11-12H,2-3,8-10H2,1H3,(H,21,23). The minimum Gasteiger partial charge on any atom is -0.492 e. The number of amides is 1. The Hall–Kier alpha value is -1.78. The SMILES string of the molecule is Cc1ccc(CCNC(=O)CCCOc2ccc(Cl)cc2Cl)cn1. The van der Waals surface area contributed by atoms with E-state index in [1.807, 2.05) is 25.3 Å². The molecule has 128 valence electrons. The second-order valence-electron chi connectivity index (χ2n) is 5.43. The predicted molar refractivity (Wildman–Crippen MR) is 96.9 cm³/mol. The van der Waals surface area contributed by atoms with Gasteiger partial charge in [-0.05, 0) is 49.6 Å². The molecule has 6 heteroatoms. The van der Waals surface area contributed by atoms with Gasteiger partial charge in [0.1, 0.15) is 5.75 Å². The third kappa shape index (κ3) is 6.38. The molecule has 0 aliphatic heterocycles. The molecule has 0 spiro atoms. The third-order valence-corrected chi connectivity index (χ3v) is 3.94. The molecule has 4 nitrogen and oxygen atoms in total. The zero-order chi connectivity index (χ0) is 17.4. The van der Waals surface area contributed by atoms with Crippen molar-refractivity contribution in [3.8, 4) is 5.75 Å². The third-order valence-electron chi connectivity index (χ3n) is 3.41. The lowest BCUT2D eigenvalue weighted by Gasteiger charge is -2.08. The summed E-state index contributed by atoms with van der Waals surface area (Å²) in [6, 6.07) is 9.06. The second kappa shape index (κ2) is 9.50. The molecule has 0 atom stereocenters. The molecule has 0 aliphatic carbocycles. The average molecular weight is 367 g/mol. The number of aromatic nitrogens is 1. The Balaban J connectivity index is 1.60. The van der Waals surface area contributed by atoms with Gasteiger partial charge in [-0.2, -0.15) is 0 Å². The largest absolute Gasteiger partial charge is 0.492 e. The highest BCUT2D eigenvalue weighted by atomic mass is 35.5. The minimum absolute atomic E-state index is 0.0147. The molecule has 0 saturated carbocycles. The number of rotatable bonds is 8. The summed E-state index contributed by atoms with van der Waals surface area (Å²) in [4.78, 5) is 16.0. The monoisotopic (exact) mass is 366 g/mol. The number of pyridine rings is 1. The van der Waals surface area contributed by atoms with Gasteiger partial charge in [-0.15, -0.1) is 0 Å². The zero-order valence-corrected chi connectivity index (χ0v) is 15.0. The first kappa shape index (κ1) is 18.6. The smallest absolute Gasteiger partial charge is 0.220 e. The van der Waals surface area contributed by atoms with E-state index < -0.39 is 0 Å². The number of carbonyl (C=O) groups is 1. The number of hydrogen-bond donors (Lipinski definition) is 1. The number of hydrogen-bond acceptors (Lipinski definition) is 3. The van der Waals surface area contributed by atoms with Gasteiger partial charge in [0, 0.05) is 29.9 Å². The first-order chi connectivity index (χ1) is 11.5. The van der Waals surface area contributed by atoms with Crippen molar-refractivity contribution >= 4 is 29.1 Å². The molecule has 0 fully saturated rings. The van der Waals surface area contributed by atoms with Crippen LogP contribution in [0.3, 0.4) is 0 Å². The molecule has 0 bridgehead atoms. The number of nitrogens with one attached hydrogen (secondary N) is 1. The van der Waals surface area contributed by atoms with E-state index in [4.69, 9.17) is 27.9 Å². The van der Waals surface area contributed by atoms with Crippen molar-refractivity contribution in [3.63, 3.8) is 0 Å². The Morgan fingerprint density at radius 3 is 2.79 bits per heavy atom. The molecule has 0 saturated heterocycles. The molecule has 2 rings (SSSR count). The Labute approximate surface area is 152 Å². The van der Waals surface area contributed by atoms with Crippen molar-refractivity contribution in [1.82, 2.24) is 10.3 Å². The topological polar surface area (TPSA) is 51.2 Å². The van der Waals surface area contributed by atoms with E-state index in [2.05, 4.69) is 10.3 Å². The Kier molecular flexibility index (Phi) is 7.35. The van der Waals surface area contributed by atoms with Crippen molar-refractivity contribution in [3.05, 3.63) is 57.8 Å². The number of nitrogens with zero attached hydrogens (tertiary/aromatic N) is 1. The fourth-order valence-electron chi connectivity index (χ4n) is 2.09. The van der Waals surface area contributed by atoms with Gasteiger partial charge in [-0.25, -0.2) is 0 Å². The Morgan fingerprint density at radius 1 is 1.25 bits per heavy atom. The minimum atomic E-state index is 0.0147. The van der Waals surface area contributed by atoms with E-state index in [1.54, 1.807) is 18.2 Å². The van der Waals surface area contributed by atoms with Crippen LogP contribution in [0.25, 0.3) is 0 Å². The molecular formula is C18H20Cl2N2O2.